The van der Waals surface area contributed by atoms with Gasteiger partial charge < -0.3 is 14.8 Å². The number of nitrogens with zero attached hydrogens (tertiary/aromatic N) is 1. The molecule has 1 aliphatic heterocycles. The largest absolute Gasteiger partial charge is 0.483 e. The predicted molar refractivity (Wildman–Crippen MR) is 84.5 cm³/mol. The molecule has 0 spiro atoms. The van der Waals surface area contributed by atoms with Gasteiger partial charge in [0.15, 0.2) is 6.40 Å². The molecule has 0 unspecified atom stereocenters. The van der Waals surface area contributed by atoms with Crippen molar-refractivity contribution >= 4 is 28.7 Å². The third-order valence-electron chi connectivity index (χ3n) is 3.31. The molecule has 0 aromatic carbocycles. The van der Waals surface area contributed by atoms with E-state index in [4.69, 9.17) is 9.47 Å². The van der Waals surface area contributed by atoms with E-state index in [2.05, 4.69) is 10.3 Å². The molecule has 1 aromatic heterocycles. The number of ether oxygens (including phenoxy) is 2. The van der Waals surface area contributed by atoms with E-state index in [0.717, 1.165) is 30.1 Å². The molecule has 0 aliphatic carbocycles. The summed E-state index contributed by atoms with van der Waals surface area (Å²) in [6, 6.07) is 0. The monoisotopic (exact) mass is 310 g/mol. The van der Waals surface area contributed by atoms with Crippen LogP contribution in [0.5, 0.6) is 0 Å². The molecule has 1 N–H and O–H groups in total. The molecule has 116 valence electrons. The van der Waals surface area contributed by atoms with Gasteiger partial charge in [-0.2, -0.15) is 0 Å². The van der Waals surface area contributed by atoms with Gasteiger partial charge in [0.2, 0.25) is 0 Å². The minimum Gasteiger partial charge on any atom is -0.483 e. The lowest BCUT2D eigenvalue weighted by molar-refractivity contribution is -0.143. The molecule has 0 amide bonds. The lowest BCUT2D eigenvalue weighted by Gasteiger charge is -2.14. The highest BCUT2D eigenvalue weighted by molar-refractivity contribution is 7.16. The summed E-state index contributed by atoms with van der Waals surface area (Å²) in [6.07, 6.45) is 3.59. The Hall–Kier alpha value is -1.40. The van der Waals surface area contributed by atoms with Crippen LogP contribution in [0.15, 0.2) is 4.99 Å². The van der Waals surface area contributed by atoms with Crippen LogP contribution in [0.1, 0.15) is 36.3 Å². The normalized spacial score (nSPS) is 14.2. The summed E-state index contributed by atoms with van der Waals surface area (Å²) in [5, 5.41) is 4.34. The Morgan fingerprint density at radius 2 is 2.29 bits per heavy atom. The molecule has 0 saturated carbocycles. The Morgan fingerprint density at radius 3 is 3.05 bits per heavy atom. The average Bonchev–Trinajstić information content (AvgIpc) is 2.83. The average molecular weight is 310 g/mol. The van der Waals surface area contributed by atoms with Crippen LogP contribution in [-0.2, 0) is 33.7 Å². The number of carbonyl (C=O) groups excluding carboxylic acids is 1. The van der Waals surface area contributed by atoms with Crippen molar-refractivity contribution < 1.29 is 14.3 Å². The molecule has 0 saturated heterocycles. The first-order chi connectivity index (χ1) is 10.3. The van der Waals surface area contributed by atoms with Crippen LogP contribution < -0.4 is 5.32 Å². The first kappa shape index (κ1) is 16.0. The van der Waals surface area contributed by atoms with E-state index >= 15 is 0 Å². The lowest BCUT2D eigenvalue weighted by Crippen LogP contribution is -2.23. The Morgan fingerprint density at radius 1 is 1.43 bits per heavy atom. The van der Waals surface area contributed by atoms with Crippen LogP contribution in [0.4, 0.5) is 5.00 Å². The van der Waals surface area contributed by atoms with E-state index in [9.17, 15) is 4.79 Å². The minimum absolute atomic E-state index is 0.152. The summed E-state index contributed by atoms with van der Waals surface area (Å²) >= 11 is 1.71. The Bertz CT molecular complexity index is 511. The van der Waals surface area contributed by atoms with Crippen LogP contribution in [0.3, 0.4) is 0 Å². The third kappa shape index (κ3) is 4.28. The highest BCUT2D eigenvalue weighted by atomic mass is 32.1. The van der Waals surface area contributed by atoms with E-state index < -0.39 is 0 Å². The highest BCUT2D eigenvalue weighted by Crippen LogP contribution is 2.38. The van der Waals surface area contributed by atoms with Gasteiger partial charge in [-0.1, -0.05) is 0 Å². The lowest BCUT2D eigenvalue weighted by atomic mass is 10.0. The van der Waals surface area contributed by atoms with Crippen LogP contribution >= 0.6 is 11.3 Å². The molecule has 1 aliphatic rings. The van der Waals surface area contributed by atoms with E-state index in [1.807, 2.05) is 13.8 Å². The second kappa shape index (κ2) is 8.14. The molecule has 5 nitrogen and oxygen atoms in total. The maximum atomic E-state index is 11.6. The zero-order valence-corrected chi connectivity index (χ0v) is 13.4. The summed E-state index contributed by atoms with van der Waals surface area (Å²) in [7, 11) is 0. The van der Waals surface area contributed by atoms with Crippen molar-refractivity contribution in [1.82, 2.24) is 5.32 Å². The maximum absolute atomic E-state index is 11.6. The van der Waals surface area contributed by atoms with Gasteiger partial charge in [-0.25, -0.2) is 4.99 Å². The number of carbonyl (C=O) groups is 1. The fourth-order valence-electron chi connectivity index (χ4n) is 2.34. The van der Waals surface area contributed by atoms with Crippen molar-refractivity contribution in [2.45, 2.75) is 39.7 Å². The number of hydrogen-bond acceptors (Lipinski definition) is 6. The molecule has 0 radical (unpaired) electrons. The van der Waals surface area contributed by atoms with E-state index in [1.54, 1.807) is 11.3 Å². The molecule has 2 heterocycles. The van der Waals surface area contributed by atoms with E-state index in [-0.39, 0.29) is 5.97 Å². The molecule has 6 heteroatoms. The summed E-state index contributed by atoms with van der Waals surface area (Å²) in [4.78, 5) is 17.4. The van der Waals surface area contributed by atoms with Gasteiger partial charge in [0, 0.05) is 24.4 Å². The van der Waals surface area contributed by atoms with Gasteiger partial charge in [0.05, 0.1) is 13.2 Å². The van der Waals surface area contributed by atoms with Crippen molar-refractivity contribution in [3.05, 3.63) is 16.0 Å². The zero-order chi connectivity index (χ0) is 15.1. The van der Waals surface area contributed by atoms with E-state index in [1.165, 1.54) is 16.8 Å². The van der Waals surface area contributed by atoms with Crippen molar-refractivity contribution in [3.63, 3.8) is 0 Å². The first-order valence-corrected chi connectivity index (χ1v) is 8.21. The van der Waals surface area contributed by atoms with Crippen molar-refractivity contribution in [1.29, 1.82) is 0 Å². The molecular weight excluding hydrogens is 288 g/mol. The molecule has 1 aromatic rings. The fourth-order valence-corrected chi connectivity index (χ4v) is 3.54. The number of aliphatic imine (C=N–C) groups is 1. The number of thiophene rings is 1. The number of fused-ring (bicyclic) bond motifs is 1. The van der Waals surface area contributed by atoms with Crippen LogP contribution in [0, 0.1) is 0 Å². The van der Waals surface area contributed by atoms with Crippen LogP contribution in [-0.4, -0.2) is 32.1 Å². The smallest absolute Gasteiger partial charge is 0.306 e. The number of nitrogens with one attached hydrogen (secondary N) is 1. The topological polar surface area (TPSA) is 59.9 Å². The Balaban J connectivity index is 2.15. The quantitative estimate of drug-likeness (QED) is 0.478. The molecule has 0 fully saturated rings. The van der Waals surface area contributed by atoms with Gasteiger partial charge in [0.1, 0.15) is 5.00 Å². The van der Waals surface area contributed by atoms with Gasteiger partial charge in [-0.05, 0) is 37.8 Å². The number of rotatable bonds is 7. The second-order valence-electron chi connectivity index (χ2n) is 4.71. The molecule has 21 heavy (non-hydrogen) atoms. The van der Waals surface area contributed by atoms with Crippen molar-refractivity contribution in [2.24, 2.45) is 4.99 Å². The van der Waals surface area contributed by atoms with E-state index in [0.29, 0.717) is 26.1 Å². The predicted octanol–water partition coefficient (Wildman–Crippen LogP) is 2.59. The van der Waals surface area contributed by atoms with Gasteiger partial charge in [-0.15, -0.1) is 11.3 Å². The summed E-state index contributed by atoms with van der Waals surface area (Å²) in [6.45, 7) is 6.64. The second-order valence-corrected chi connectivity index (χ2v) is 5.79. The SMILES string of the molecule is CCOC=Nc1sc2c(c1CCC(=O)OCC)CNCC2. The Labute approximate surface area is 129 Å². The third-order valence-corrected chi connectivity index (χ3v) is 4.55. The van der Waals surface area contributed by atoms with Gasteiger partial charge >= 0.3 is 5.97 Å². The minimum atomic E-state index is -0.152. The molecule has 0 atom stereocenters. The fraction of sp³-hybridized carbons (Fsp3) is 0.600. The maximum Gasteiger partial charge on any atom is 0.306 e. The summed E-state index contributed by atoms with van der Waals surface area (Å²) in [5.74, 6) is -0.152. The number of hydrogen-bond donors (Lipinski definition) is 1. The summed E-state index contributed by atoms with van der Waals surface area (Å²) < 4.78 is 10.2. The molecular formula is C15H22N2O3S. The number of esters is 1. The van der Waals surface area contributed by atoms with Crippen molar-refractivity contribution in [2.75, 3.05) is 19.8 Å². The van der Waals surface area contributed by atoms with Gasteiger partial charge in [-0.3, -0.25) is 4.79 Å². The summed E-state index contributed by atoms with van der Waals surface area (Å²) in [5.41, 5.74) is 2.46. The van der Waals surface area contributed by atoms with Gasteiger partial charge in [0.25, 0.3) is 0 Å². The molecule has 0 bridgehead atoms. The standard InChI is InChI=1S/C15H22N2O3S/c1-3-19-10-17-15-11(5-6-14(18)20-4-2)12-9-16-8-7-13(12)21-15/h10,16H,3-9H2,1-2H3. The zero-order valence-electron chi connectivity index (χ0n) is 12.6. The van der Waals surface area contributed by atoms with Crippen molar-refractivity contribution in [3.8, 4) is 0 Å². The first-order valence-electron chi connectivity index (χ1n) is 7.40. The Kier molecular flexibility index (Phi) is 6.20. The highest BCUT2D eigenvalue weighted by Gasteiger charge is 2.20. The van der Waals surface area contributed by atoms with Crippen LogP contribution in [0.2, 0.25) is 0 Å². The molecule has 2 rings (SSSR count). The van der Waals surface area contributed by atoms with Crippen LogP contribution in [0.25, 0.3) is 0 Å².